The van der Waals surface area contributed by atoms with Crippen molar-refractivity contribution in [3.05, 3.63) is 0 Å². The molecule has 0 aromatic carbocycles. The number of nitrogens with one attached hydrogen (secondary N) is 1. The van der Waals surface area contributed by atoms with Gasteiger partial charge < -0.3 is 10.2 Å². The first-order valence-corrected chi connectivity index (χ1v) is 12.7. The van der Waals surface area contributed by atoms with Crippen molar-refractivity contribution in [1.29, 1.82) is 0 Å². The minimum atomic E-state index is -0.404. The standard InChI is InChI=1S/C23H35N3O2S/c1-23(14-15-8-10-26(11-9-15)20(27)17-4-2-3-5-17)21(28)25-22(29-23)24-19-13-16-6-7-18(19)12-16/h15-19H,2-14H2,1H3,(H,24,25,28)/t16-,18+,19+,23?/m1/s1. The molecule has 2 bridgehead atoms. The first kappa shape index (κ1) is 19.9. The minimum absolute atomic E-state index is 0.133. The molecule has 2 heterocycles. The normalized spacial score (nSPS) is 39.6. The number of hydrogen-bond acceptors (Lipinski definition) is 4. The van der Waals surface area contributed by atoms with Crippen LogP contribution in [-0.4, -0.2) is 45.8 Å². The van der Waals surface area contributed by atoms with Crippen LogP contribution in [0.15, 0.2) is 4.99 Å². The van der Waals surface area contributed by atoms with Gasteiger partial charge in [-0.1, -0.05) is 31.0 Å². The Hall–Kier alpha value is -1.04. The third-order valence-electron chi connectivity index (χ3n) is 8.32. The fourth-order valence-corrected chi connectivity index (χ4v) is 7.79. The van der Waals surface area contributed by atoms with Crippen LogP contribution in [0.25, 0.3) is 0 Å². The summed E-state index contributed by atoms with van der Waals surface area (Å²) in [5.41, 5.74) is 0. The molecule has 3 aliphatic carbocycles. The molecule has 4 atom stereocenters. The highest BCUT2D eigenvalue weighted by molar-refractivity contribution is 8.16. The number of fused-ring (bicyclic) bond motifs is 2. The lowest BCUT2D eigenvalue weighted by atomic mass is 9.86. The quantitative estimate of drug-likeness (QED) is 0.753. The average Bonchev–Trinajstić information content (AvgIpc) is 3.48. The van der Waals surface area contributed by atoms with Gasteiger partial charge in [0.15, 0.2) is 5.17 Å². The molecule has 29 heavy (non-hydrogen) atoms. The van der Waals surface area contributed by atoms with Gasteiger partial charge in [0.2, 0.25) is 11.8 Å². The van der Waals surface area contributed by atoms with Crippen molar-refractivity contribution >= 4 is 28.7 Å². The third-order valence-corrected chi connectivity index (χ3v) is 9.52. The molecule has 1 N–H and O–H groups in total. The number of thioether (sulfide) groups is 1. The number of amidine groups is 1. The van der Waals surface area contributed by atoms with E-state index in [-0.39, 0.29) is 11.8 Å². The molecule has 0 radical (unpaired) electrons. The van der Waals surface area contributed by atoms with Crippen LogP contribution in [-0.2, 0) is 9.59 Å². The van der Waals surface area contributed by atoms with E-state index in [4.69, 9.17) is 4.99 Å². The Kier molecular flexibility index (Phi) is 5.42. The topological polar surface area (TPSA) is 61.8 Å². The molecule has 3 saturated carbocycles. The maximum Gasteiger partial charge on any atom is 0.242 e. The van der Waals surface area contributed by atoms with Crippen molar-refractivity contribution in [3.8, 4) is 0 Å². The molecule has 0 spiro atoms. The van der Waals surface area contributed by atoms with Crippen LogP contribution >= 0.6 is 11.8 Å². The van der Waals surface area contributed by atoms with E-state index < -0.39 is 4.75 Å². The summed E-state index contributed by atoms with van der Waals surface area (Å²) in [4.78, 5) is 32.5. The SMILES string of the molecule is CC1(CC2CCN(C(=O)C3CCCC3)CC2)SC(=N[C@H]2C[C@@H]3CC[C@H]2C3)NC1=O. The molecule has 0 aromatic heterocycles. The van der Waals surface area contributed by atoms with Crippen LogP contribution < -0.4 is 5.32 Å². The number of rotatable bonds is 4. The average molecular weight is 418 g/mol. The van der Waals surface area contributed by atoms with Crippen molar-refractivity contribution in [2.24, 2.45) is 28.7 Å². The van der Waals surface area contributed by atoms with Gasteiger partial charge in [0.1, 0.15) is 0 Å². The van der Waals surface area contributed by atoms with Crippen LogP contribution in [0.5, 0.6) is 0 Å². The summed E-state index contributed by atoms with van der Waals surface area (Å²) in [6.45, 7) is 3.83. The fraction of sp³-hybridized carbons (Fsp3) is 0.870. The Morgan fingerprint density at radius 3 is 2.55 bits per heavy atom. The molecule has 2 saturated heterocycles. The van der Waals surface area contributed by atoms with Gasteiger partial charge in [0.05, 0.1) is 10.8 Å². The second kappa shape index (κ2) is 7.90. The summed E-state index contributed by atoms with van der Waals surface area (Å²) >= 11 is 1.67. The number of aliphatic imine (C=N–C) groups is 1. The van der Waals surface area contributed by atoms with E-state index in [1.807, 2.05) is 0 Å². The fourth-order valence-electron chi connectivity index (χ4n) is 6.57. The first-order valence-electron chi connectivity index (χ1n) is 11.9. The maximum atomic E-state index is 12.8. The number of carbonyl (C=O) groups excluding carboxylic acids is 2. The third kappa shape index (κ3) is 3.98. The van der Waals surface area contributed by atoms with Gasteiger partial charge >= 0.3 is 0 Å². The zero-order chi connectivity index (χ0) is 20.0. The van der Waals surface area contributed by atoms with Gasteiger partial charge in [-0.25, -0.2) is 0 Å². The zero-order valence-corrected chi connectivity index (χ0v) is 18.5. The second-order valence-electron chi connectivity index (χ2n) is 10.4. The van der Waals surface area contributed by atoms with Crippen molar-refractivity contribution < 1.29 is 9.59 Å². The highest BCUT2D eigenvalue weighted by atomic mass is 32.2. The Bertz CT molecular complexity index is 696. The lowest BCUT2D eigenvalue weighted by molar-refractivity contribution is -0.137. The summed E-state index contributed by atoms with van der Waals surface area (Å²) in [5.74, 6) is 2.95. The summed E-state index contributed by atoms with van der Waals surface area (Å²) in [5, 5.41) is 3.96. The molecule has 5 nitrogen and oxygen atoms in total. The van der Waals surface area contributed by atoms with Crippen LogP contribution in [0, 0.1) is 23.7 Å². The summed E-state index contributed by atoms with van der Waals surface area (Å²) < 4.78 is -0.404. The van der Waals surface area contributed by atoms with E-state index in [1.165, 1.54) is 38.5 Å². The van der Waals surface area contributed by atoms with Gasteiger partial charge in [-0.15, -0.1) is 0 Å². The lowest BCUT2D eigenvalue weighted by Crippen LogP contribution is -2.43. The van der Waals surface area contributed by atoms with E-state index in [1.54, 1.807) is 11.8 Å². The molecule has 5 rings (SSSR count). The molecule has 160 valence electrons. The number of amides is 2. The smallest absolute Gasteiger partial charge is 0.242 e. The van der Waals surface area contributed by atoms with Crippen molar-refractivity contribution in [2.75, 3.05) is 13.1 Å². The molecule has 2 amide bonds. The van der Waals surface area contributed by atoms with E-state index in [2.05, 4.69) is 17.1 Å². The largest absolute Gasteiger partial charge is 0.342 e. The van der Waals surface area contributed by atoms with Crippen molar-refractivity contribution in [3.63, 3.8) is 0 Å². The molecule has 5 aliphatic rings. The number of likely N-dealkylation sites (tertiary alicyclic amines) is 1. The predicted octanol–water partition coefficient (Wildman–Crippen LogP) is 3.97. The van der Waals surface area contributed by atoms with Crippen LogP contribution in [0.1, 0.15) is 77.6 Å². The molecular weight excluding hydrogens is 382 g/mol. The van der Waals surface area contributed by atoms with E-state index in [0.717, 1.165) is 62.2 Å². The zero-order valence-electron chi connectivity index (χ0n) is 17.7. The molecular formula is C23H35N3O2S. The number of piperidine rings is 1. The van der Waals surface area contributed by atoms with Crippen LogP contribution in [0.2, 0.25) is 0 Å². The highest BCUT2D eigenvalue weighted by Crippen LogP contribution is 2.47. The van der Waals surface area contributed by atoms with E-state index >= 15 is 0 Å². The predicted molar refractivity (Wildman–Crippen MR) is 117 cm³/mol. The number of carbonyl (C=O) groups is 2. The first-order chi connectivity index (χ1) is 14.0. The Morgan fingerprint density at radius 1 is 1.14 bits per heavy atom. The van der Waals surface area contributed by atoms with E-state index in [0.29, 0.717) is 17.9 Å². The van der Waals surface area contributed by atoms with Crippen molar-refractivity contribution in [2.45, 2.75) is 88.3 Å². The Morgan fingerprint density at radius 2 is 1.90 bits per heavy atom. The number of nitrogens with zero attached hydrogens (tertiary/aromatic N) is 2. The molecule has 0 aromatic rings. The van der Waals surface area contributed by atoms with Crippen LogP contribution in [0.3, 0.4) is 0 Å². The lowest BCUT2D eigenvalue weighted by Gasteiger charge is -2.35. The minimum Gasteiger partial charge on any atom is -0.342 e. The second-order valence-corrected chi connectivity index (χ2v) is 11.9. The molecule has 1 unspecified atom stereocenters. The van der Waals surface area contributed by atoms with Crippen molar-refractivity contribution in [1.82, 2.24) is 10.2 Å². The van der Waals surface area contributed by atoms with Gasteiger partial charge in [-0.3, -0.25) is 14.6 Å². The molecule has 5 fully saturated rings. The van der Waals surface area contributed by atoms with Crippen LogP contribution in [0.4, 0.5) is 0 Å². The number of hydrogen-bond donors (Lipinski definition) is 1. The van der Waals surface area contributed by atoms with Gasteiger partial charge in [-0.2, -0.15) is 0 Å². The summed E-state index contributed by atoms with van der Waals surface area (Å²) in [7, 11) is 0. The molecule has 6 heteroatoms. The van der Waals surface area contributed by atoms with Gasteiger partial charge in [0.25, 0.3) is 0 Å². The Balaban J connectivity index is 1.14. The summed E-state index contributed by atoms with van der Waals surface area (Å²) in [6, 6.07) is 0.434. The molecule has 2 aliphatic heterocycles. The van der Waals surface area contributed by atoms with Gasteiger partial charge in [-0.05, 0) is 76.0 Å². The summed E-state index contributed by atoms with van der Waals surface area (Å²) in [6.07, 6.45) is 12.8. The maximum absolute atomic E-state index is 12.8. The monoisotopic (exact) mass is 417 g/mol. The van der Waals surface area contributed by atoms with E-state index in [9.17, 15) is 9.59 Å². The van der Waals surface area contributed by atoms with Gasteiger partial charge in [0, 0.05) is 19.0 Å². The highest BCUT2D eigenvalue weighted by Gasteiger charge is 2.46. The Labute approximate surface area is 178 Å².